The van der Waals surface area contributed by atoms with Crippen LogP contribution in [-0.4, -0.2) is 23.5 Å². The van der Waals surface area contributed by atoms with Crippen molar-refractivity contribution in [1.82, 2.24) is 5.16 Å². The third-order valence-corrected chi connectivity index (χ3v) is 4.31. The van der Waals surface area contributed by atoms with Crippen LogP contribution in [0.15, 0.2) is 22.9 Å². The van der Waals surface area contributed by atoms with Crippen molar-refractivity contribution in [2.45, 2.75) is 25.7 Å². The molecule has 0 atom stereocenters. The van der Waals surface area contributed by atoms with E-state index in [0.717, 1.165) is 12.8 Å². The van der Waals surface area contributed by atoms with E-state index in [4.69, 9.17) is 32.5 Å². The summed E-state index contributed by atoms with van der Waals surface area (Å²) in [5.41, 5.74) is 0.529. The fourth-order valence-electron chi connectivity index (χ4n) is 2.32. The summed E-state index contributed by atoms with van der Waals surface area (Å²) >= 11 is 12.3. The van der Waals surface area contributed by atoms with Gasteiger partial charge in [-0.2, -0.15) is 0 Å². The molecule has 3 rings (SSSR count). The van der Waals surface area contributed by atoms with Crippen molar-refractivity contribution in [3.05, 3.63) is 50.8 Å². The van der Waals surface area contributed by atoms with Crippen molar-refractivity contribution < 1.29 is 18.8 Å². The number of carbonyl (C=O) groups excluding carboxylic acids is 2. The molecule has 0 radical (unpaired) electrons. The van der Waals surface area contributed by atoms with Gasteiger partial charge in [-0.25, -0.2) is 4.79 Å². The van der Waals surface area contributed by atoms with Gasteiger partial charge in [-0.3, -0.25) is 4.79 Å². The Bertz CT molecular complexity index is 780. The van der Waals surface area contributed by atoms with E-state index in [1.165, 1.54) is 18.3 Å². The van der Waals surface area contributed by atoms with E-state index in [9.17, 15) is 9.59 Å². The first-order chi connectivity index (χ1) is 11.0. The molecule has 7 heteroatoms. The topological polar surface area (TPSA) is 69.4 Å². The number of halogens is 2. The summed E-state index contributed by atoms with van der Waals surface area (Å²) < 4.78 is 10.1. The van der Waals surface area contributed by atoms with E-state index in [1.807, 2.05) is 0 Å². The minimum Gasteiger partial charge on any atom is -0.462 e. The predicted molar refractivity (Wildman–Crippen MR) is 84.3 cm³/mol. The Morgan fingerprint density at radius 2 is 2.04 bits per heavy atom. The highest BCUT2D eigenvalue weighted by Gasteiger charge is 2.33. The number of benzene rings is 1. The average Bonchev–Trinajstić information content (AvgIpc) is 3.24. The first kappa shape index (κ1) is 16.0. The second-order valence-corrected chi connectivity index (χ2v) is 6.00. The number of aromatic nitrogens is 1. The van der Waals surface area contributed by atoms with Gasteiger partial charge in [0.2, 0.25) is 0 Å². The van der Waals surface area contributed by atoms with Gasteiger partial charge >= 0.3 is 5.97 Å². The zero-order valence-electron chi connectivity index (χ0n) is 12.3. The Morgan fingerprint density at radius 1 is 1.30 bits per heavy atom. The molecule has 1 aromatic carbocycles. The highest BCUT2D eigenvalue weighted by atomic mass is 35.5. The summed E-state index contributed by atoms with van der Waals surface area (Å²) in [4.78, 5) is 24.7. The molecular formula is C16H13Cl2NO4. The maximum atomic E-state index is 12.7. The van der Waals surface area contributed by atoms with Gasteiger partial charge in [0.05, 0.1) is 34.0 Å². The molecule has 120 valence electrons. The maximum Gasteiger partial charge on any atom is 0.341 e. The average molecular weight is 354 g/mol. The number of hydrogen-bond acceptors (Lipinski definition) is 5. The molecule has 5 nitrogen and oxygen atoms in total. The van der Waals surface area contributed by atoms with Gasteiger partial charge in [0.15, 0.2) is 11.5 Å². The molecule has 1 heterocycles. The molecular weight excluding hydrogens is 341 g/mol. The van der Waals surface area contributed by atoms with Crippen LogP contribution in [0.2, 0.25) is 10.0 Å². The monoisotopic (exact) mass is 353 g/mol. The molecule has 0 spiro atoms. The molecule has 0 N–H and O–H groups in total. The van der Waals surface area contributed by atoms with Gasteiger partial charge in [0, 0.05) is 11.5 Å². The third-order valence-electron chi connectivity index (χ3n) is 3.61. The summed E-state index contributed by atoms with van der Waals surface area (Å²) in [5, 5.41) is 3.82. The van der Waals surface area contributed by atoms with Crippen LogP contribution in [0.1, 0.15) is 57.7 Å². The highest BCUT2D eigenvalue weighted by molar-refractivity contribution is 6.41. The minimum absolute atomic E-state index is 0.00883. The van der Waals surface area contributed by atoms with E-state index >= 15 is 0 Å². The molecule has 1 aliphatic carbocycles. The summed E-state index contributed by atoms with van der Waals surface area (Å²) in [6, 6.07) is 2.94. The fraction of sp³-hybridized carbons (Fsp3) is 0.312. The van der Waals surface area contributed by atoms with E-state index in [2.05, 4.69) is 5.16 Å². The number of hydrogen-bond donors (Lipinski definition) is 0. The zero-order chi connectivity index (χ0) is 16.6. The summed E-state index contributed by atoms with van der Waals surface area (Å²) in [5.74, 6) is -0.212. The molecule has 23 heavy (non-hydrogen) atoms. The Balaban J connectivity index is 2.02. The number of carbonyl (C=O) groups is 2. The Kier molecular flexibility index (Phi) is 4.41. The van der Waals surface area contributed by atoms with E-state index in [-0.39, 0.29) is 39.5 Å². The van der Waals surface area contributed by atoms with Crippen molar-refractivity contribution >= 4 is 35.0 Å². The van der Waals surface area contributed by atoms with Crippen molar-refractivity contribution in [2.75, 3.05) is 6.61 Å². The van der Waals surface area contributed by atoms with Crippen LogP contribution in [0.3, 0.4) is 0 Å². The van der Waals surface area contributed by atoms with E-state index < -0.39 is 5.97 Å². The lowest BCUT2D eigenvalue weighted by Crippen LogP contribution is -2.10. The normalized spacial score (nSPS) is 13.9. The summed E-state index contributed by atoms with van der Waals surface area (Å²) in [6.07, 6.45) is 3.32. The maximum absolute atomic E-state index is 12.7. The van der Waals surface area contributed by atoms with E-state index in [0.29, 0.717) is 11.3 Å². The number of rotatable bonds is 5. The standard InChI is InChI=1S/C16H13Cl2NO4/c1-2-22-16(21)12-11(17)6-5-9(13(12)18)14(20)10-7-19-23-15(10)8-3-4-8/h5-8H,2-4H2,1H3. The van der Waals surface area contributed by atoms with Crippen LogP contribution in [0.5, 0.6) is 0 Å². The van der Waals surface area contributed by atoms with Crippen molar-refractivity contribution in [3.63, 3.8) is 0 Å². The number of ether oxygens (including phenoxy) is 1. The molecule has 1 saturated carbocycles. The van der Waals surface area contributed by atoms with Crippen LogP contribution in [0.4, 0.5) is 0 Å². The molecule has 2 aromatic rings. The van der Waals surface area contributed by atoms with Crippen molar-refractivity contribution in [2.24, 2.45) is 0 Å². The van der Waals surface area contributed by atoms with Gasteiger partial charge in [-0.05, 0) is 31.9 Å². The first-order valence-electron chi connectivity index (χ1n) is 7.19. The van der Waals surface area contributed by atoms with Gasteiger partial charge in [0.1, 0.15) is 0 Å². The fourth-order valence-corrected chi connectivity index (χ4v) is 2.93. The predicted octanol–water partition coefficient (Wildman–Crippen LogP) is 4.27. The van der Waals surface area contributed by atoms with Gasteiger partial charge in [0.25, 0.3) is 0 Å². The lowest BCUT2D eigenvalue weighted by Gasteiger charge is -2.10. The lowest BCUT2D eigenvalue weighted by atomic mass is 10.0. The van der Waals surface area contributed by atoms with Gasteiger partial charge in [-0.15, -0.1) is 0 Å². The largest absolute Gasteiger partial charge is 0.462 e. The summed E-state index contributed by atoms with van der Waals surface area (Å²) in [7, 11) is 0. The molecule has 0 saturated heterocycles. The van der Waals surface area contributed by atoms with Crippen LogP contribution in [0, 0.1) is 0 Å². The Labute approximate surface area is 142 Å². The van der Waals surface area contributed by atoms with E-state index in [1.54, 1.807) is 6.92 Å². The molecule has 1 fully saturated rings. The zero-order valence-corrected chi connectivity index (χ0v) is 13.8. The molecule has 0 unspecified atom stereocenters. The minimum atomic E-state index is -0.662. The number of nitrogens with zero attached hydrogens (tertiary/aromatic N) is 1. The lowest BCUT2D eigenvalue weighted by molar-refractivity contribution is 0.0527. The molecule has 0 amide bonds. The van der Waals surface area contributed by atoms with Gasteiger partial charge in [-0.1, -0.05) is 28.4 Å². The second-order valence-electron chi connectivity index (χ2n) is 5.21. The van der Waals surface area contributed by atoms with Crippen LogP contribution in [-0.2, 0) is 4.74 Å². The first-order valence-corrected chi connectivity index (χ1v) is 7.94. The second kappa shape index (κ2) is 6.34. The third kappa shape index (κ3) is 2.99. The Hall–Kier alpha value is -1.85. The smallest absolute Gasteiger partial charge is 0.341 e. The van der Waals surface area contributed by atoms with Crippen LogP contribution < -0.4 is 0 Å². The molecule has 0 aliphatic heterocycles. The SMILES string of the molecule is CCOC(=O)c1c(Cl)ccc(C(=O)c2cnoc2C2CC2)c1Cl. The van der Waals surface area contributed by atoms with Gasteiger partial charge < -0.3 is 9.26 Å². The quantitative estimate of drug-likeness (QED) is 0.593. The van der Waals surface area contributed by atoms with Crippen molar-refractivity contribution in [1.29, 1.82) is 0 Å². The molecule has 1 aromatic heterocycles. The van der Waals surface area contributed by atoms with Crippen LogP contribution >= 0.6 is 23.2 Å². The number of ketones is 1. The Morgan fingerprint density at radius 3 is 2.70 bits per heavy atom. The summed E-state index contributed by atoms with van der Waals surface area (Å²) in [6.45, 7) is 1.86. The molecule has 1 aliphatic rings. The van der Waals surface area contributed by atoms with Crippen molar-refractivity contribution in [3.8, 4) is 0 Å². The molecule has 0 bridgehead atoms. The number of esters is 1. The highest BCUT2D eigenvalue weighted by Crippen LogP contribution is 2.42. The van der Waals surface area contributed by atoms with Crippen LogP contribution in [0.25, 0.3) is 0 Å².